The van der Waals surface area contributed by atoms with Crippen LogP contribution in [-0.2, 0) is 0 Å². The highest BCUT2D eigenvalue weighted by Gasteiger charge is 2.15. The van der Waals surface area contributed by atoms with Gasteiger partial charge in [0.25, 0.3) is 11.2 Å². The molecule has 0 fully saturated rings. The highest BCUT2D eigenvalue weighted by atomic mass is 35.5. The van der Waals surface area contributed by atoms with Gasteiger partial charge >= 0.3 is 0 Å². The molecular weight excluding hydrogens is 332 g/mol. The largest absolute Gasteiger partial charge is 0.306 e. The van der Waals surface area contributed by atoms with Gasteiger partial charge in [-0.05, 0) is 12.1 Å². The van der Waals surface area contributed by atoms with Crippen LogP contribution in [0.2, 0.25) is 5.02 Å². The van der Waals surface area contributed by atoms with Crippen molar-refractivity contribution in [3.63, 3.8) is 0 Å². The van der Waals surface area contributed by atoms with Crippen molar-refractivity contribution in [2.24, 2.45) is 0 Å². The predicted octanol–water partition coefficient (Wildman–Crippen LogP) is 3.43. The minimum atomic E-state index is -1.18. The number of rotatable bonds is 2. The maximum atomic E-state index is 13.3. The maximum Gasteiger partial charge on any atom is 0.270 e. The Morgan fingerprint density at radius 2 is 1.87 bits per heavy atom. The van der Waals surface area contributed by atoms with Crippen molar-refractivity contribution in [2.75, 3.05) is 0 Å². The number of aromatic nitrogens is 2. The molecule has 0 amide bonds. The number of non-ortho nitro benzene ring substituents is 1. The van der Waals surface area contributed by atoms with Gasteiger partial charge in [-0.2, -0.15) is 0 Å². The highest BCUT2D eigenvalue weighted by molar-refractivity contribution is 6.33. The summed E-state index contributed by atoms with van der Waals surface area (Å²) < 4.78 is 26.5. The van der Waals surface area contributed by atoms with Gasteiger partial charge < -0.3 is 4.98 Å². The number of aromatic amines is 1. The lowest BCUT2D eigenvalue weighted by atomic mass is 10.1. The van der Waals surface area contributed by atoms with Gasteiger partial charge in [0.1, 0.15) is 5.82 Å². The molecule has 6 nitrogen and oxygen atoms in total. The Morgan fingerprint density at radius 3 is 2.57 bits per heavy atom. The molecule has 116 valence electrons. The van der Waals surface area contributed by atoms with Crippen LogP contribution in [0.3, 0.4) is 0 Å². The van der Waals surface area contributed by atoms with Gasteiger partial charge in [0.05, 0.1) is 20.8 Å². The Balaban J connectivity index is 2.29. The van der Waals surface area contributed by atoms with Gasteiger partial charge in [-0.3, -0.25) is 14.9 Å². The van der Waals surface area contributed by atoms with E-state index in [1.54, 1.807) is 0 Å². The number of nitro groups is 1. The van der Waals surface area contributed by atoms with Crippen LogP contribution in [0.25, 0.3) is 22.3 Å². The number of fused-ring (bicyclic) bond motifs is 1. The Morgan fingerprint density at radius 1 is 1.17 bits per heavy atom. The van der Waals surface area contributed by atoms with Crippen LogP contribution < -0.4 is 5.56 Å². The number of hydrogen-bond donors (Lipinski definition) is 1. The minimum absolute atomic E-state index is 0.0813. The third-order valence-electron chi connectivity index (χ3n) is 3.16. The molecule has 0 saturated carbocycles. The Kier molecular flexibility index (Phi) is 3.53. The fourth-order valence-electron chi connectivity index (χ4n) is 2.07. The van der Waals surface area contributed by atoms with Crippen molar-refractivity contribution < 1.29 is 13.7 Å². The average Bonchev–Trinajstić information content (AvgIpc) is 2.49. The van der Waals surface area contributed by atoms with Crippen LogP contribution in [0, 0.1) is 21.7 Å². The van der Waals surface area contributed by atoms with Crippen LogP contribution in [0.5, 0.6) is 0 Å². The van der Waals surface area contributed by atoms with Crippen molar-refractivity contribution in [2.45, 2.75) is 0 Å². The number of hydrogen-bond acceptors (Lipinski definition) is 4. The minimum Gasteiger partial charge on any atom is -0.306 e. The molecule has 3 aromatic rings. The van der Waals surface area contributed by atoms with Gasteiger partial charge in [-0.15, -0.1) is 0 Å². The molecule has 0 spiro atoms. The topological polar surface area (TPSA) is 88.9 Å². The van der Waals surface area contributed by atoms with E-state index in [1.165, 1.54) is 12.1 Å². The number of nitro benzene ring substituents is 1. The van der Waals surface area contributed by atoms with Crippen LogP contribution in [0.4, 0.5) is 14.5 Å². The molecular formula is C14H6ClF2N3O3. The number of H-pyrrole nitrogens is 1. The summed E-state index contributed by atoms with van der Waals surface area (Å²) in [6.45, 7) is 0. The van der Waals surface area contributed by atoms with E-state index >= 15 is 0 Å². The second kappa shape index (κ2) is 5.40. The molecule has 0 saturated heterocycles. The Hall–Kier alpha value is -2.87. The van der Waals surface area contributed by atoms with Crippen molar-refractivity contribution in [1.82, 2.24) is 9.97 Å². The Bertz CT molecular complexity index is 1020. The second-order valence-electron chi connectivity index (χ2n) is 4.62. The van der Waals surface area contributed by atoms with E-state index in [4.69, 9.17) is 11.6 Å². The first kappa shape index (κ1) is 15.0. The number of nitrogens with zero attached hydrogens (tertiary/aromatic N) is 2. The highest BCUT2D eigenvalue weighted by Crippen LogP contribution is 2.29. The normalized spacial score (nSPS) is 10.9. The standard InChI is InChI=1S/C14H6ClF2N3O3/c15-9-2-1-6(20(22)23)3-7(9)13-18-12-5-11(17)10(16)4-8(12)14(21)19-13/h1-5H,(H,18,19,21). The molecule has 1 N–H and O–H groups in total. The lowest BCUT2D eigenvalue weighted by Gasteiger charge is -2.06. The van der Waals surface area contributed by atoms with E-state index in [0.717, 1.165) is 18.2 Å². The van der Waals surface area contributed by atoms with Crippen LogP contribution in [0.1, 0.15) is 0 Å². The zero-order valence-corrected chi connectivity index (χ0v) is 11.9. The fraction of sp³-hybridized carbons (Fsp3) is 0. The van der Waals surface area contributed by atoms with Gasteiger partial charge in [-0.25, -0.2) is 13.8 Å². The third kappa shape index (κ3) is 2.64. The molecule has 0 radical (unpaired) electrons. The molecule has 2 aromatic carbocycles. The van der Waals surface area contributed by atoms with Crippen molar-refractivity contribution in [3.8, 4) is 11.4 Å². The summed E-state index contributed by atoms with van der Waals surface area (Å²) in [5.74, 6) is -2.42. The summed E-state index contributed by atoms with van der Waals surface area (Å²) in [6.07, 6.45) is 0. The lowest BCUT2D eigenvalue weighted by molar-refractivity contribution is -0.384. The van der Waals surface area contributed by atoms with Crippen LogP contribution >= 0.6 is 11.6 Å². The van der Waals surface area contributed by atoms with E-state index in [-0.39, 0.29) is 33.0 Å². The number of benzene rings is 2. The van der Waals surface area contributed by atoms with E-state index in [1.807, 2.05) is 0 Å². The molecule has 3 rings (SSSR count). The Labute approximate surface area is 131 Å². The van der Waals surface area contributed by atoms with E-state index in [0.29, 0.717) is 0 Å². The summed E-state index contributed by atoms with van der Waals surface area (Å²) in [5.41, 5.74) is -0.960. The molecule has 0 aliphatic rings. The first-order valence-electron chi connectivity index (χ1n) is 6.20. The molecule has 0 bridgehead atoms. The molecule has 0 atom stereocenters. The van der Waals surface area contributed by atoms with Gasteiger partial charge in [0.2, 0.25) is 0 Å². The first-order valence-corrected chi connectivity index (χ1v) is 6.58. The monoisotopic (exact) mass is 337 g/mol. The maximum absolute atomic E-state index is 13.3. The van der Waals surface area contributed by atoms with Gasteiger partial charge in [0.15, 0.2) is 11.6 Å². The average molecular weight is 338 g/mol. The van der Waals surface area contributed by atoms with Gasteiger partial charge in [0, 0.05) is 23.8 Å². The molecule has 0 aliphatic heterocycles. The fourth-order valence-corrected chi connectivity index (χ4v) is 2.28. The number of nitrogens with one attached hydrogen (secondary N) is 1. The van der Waals surface area contributed by atoms with Crippen LogP contribution in [0.15, 0.2) is 35.1 Å². The zero-order chi connectivity index (χ0) is 16.7. The zero-order valence-electron chi connectivity index (χ0n) is 11.1. The van der Waals surface area contributed by atoms with Gasteiger partial charge in [-0.1, -0.05) is 11.6 Å². The molecule has 9 heteroatoms. The van der Waals surface area contributed by atoms with E-state index in [9.17, 15) is 23.7 Å². The molecule has 0 aliphatic carbocycles. The third-order valence-corrected chi connectivity index (χ3v) is 3.49. The van der Waals surface area contributed by atoms with Crippen molar-refractivity contribution in [1.29, 1.82) is 0 Å². The summed E-state index contributed by atoms with van der Waals surface area (Å²) >= 11 is 5.98. The summed E-state index contributed by atoms with van der Waals surface area (Å²) in [7, 11) is 0. The SMILES string of the molecule is O=c1[nH]c(-c2cc([N+](=O)[O-])ccc2Cl)nc2cc(F)c(F)cc12. The molecule has 23 heavy (non-hydrogen) atoms. The summed E-state index contributed by atoms with van der Waals surface area (Å²) in [5, 5.41) is 10.8. The first-order chi connectivity index (χ1) is 10.9. The summed E-state index contributed by atoms with van der Waals surface area (Å²) in [4.78, 5) is 28.6. The second-order valence-corrected chi connectivity index (χ2v) is 5.03. The summed E-state index contributed by atoms with van der Waals surface area (Å²) in [6, 6.07) is 5.11. The lowest BCUT2D eigenvalue weighted by Crippen LogP contribution is -2.10. The van der Waals surface area contributed by atoms with Crippen molar-refractivity contribution in [3.05, 3.63) is 67.5 Å². The van der Waals surface area contributed by atoms with Crippen LogP contribution in [-0.4, -0.2) is 14.9 Å². The quantitative estimate of drug-likeness (QED) is 0.573. The molecule has 1 heterocycles. The number of halogens is 3. The predicted molar refractivity (Wildman–Crippen MR) is 79.4 cm³/mol. The van der Waals surface area contributed by atoms with E-state index < -0.39 is 22.1 Å². The molecule has 0 unspecified atom stereocenters. The van der Waals surface area contributed by atoms with E-state index in [2.05, 4.69) is 9.97 Å². The smallest absolute Gasteiger partial charge is 0.270 e. The van der Waals surface area contributed by atoms with Crippen molar-refractivity contribution >= 4 is 28.2 Å². The molecule has 1 aromatic heterocycles.